The Bertz CT molecular complexity index is 1090. The Balaban J connectivity index is 1.60. The first kappa shape index (κ1) is 22.2. The number of urea groups is 1. The number of amides is 2. The lowest BCUT2D eigenvalue weighted by atomic mass is 9.98. The molecule has 0 spiro atoms. The molecule has 0 atom stereocenters. The molecule has 5 N–H and O–H groups in total. The summed E-state index contributed by atoms with van der Waals surface area (Å²) >= 11 is 6.26. The van der Waals surface area contributed by atoms with Crippen molar-refractivity contribution in [1.82, 2.24) is 4.72 Å². The van der Waals surface area contributed by atoms with Gasteiger partial charge < -0.3 is 10.4 Å². The lowest BCUT2D eigenvalue weighted by Gasteiger charge is -2.25. The zero-order valence-corrected chi connectivity index (χ0v) is 19.2. The molecule has 9 heteroatoms. The Kier molecular flexibility index (Phi) is 5.62. The van der Waals surface area contributed by atoms with Crippen molar-refractivity contribution in [2.24, 2.45) is 5.14 Å². The van der Waals surface area contributed by atoms with E-state index in [4.69, 9.17) is 16.7 Å². The number of nitrogens with one attached hydrogen (secondary N) is 2. The van der Waals surface area contributed by atoms with E-state index in [0.29, 0.717) is 48.1 Å². The van der Waals surface area contributed by atoms with Crippen LogP contribution in [-0.4, -0.2) is 15.3 Å². The van der Waals surface area contributed by atoms with Crippen LogP contribution < -0.4 is 15.2 Å². The highest BCUT2D eigenvalue weighted by atomic mass is 35.5. The summed E-state index contributed by atoms with van der Waals surface area (Å²) in [4.78, 5) is 12.9. The molecular formula is C22H27ClFN3O3S. The van der Waals surface area contributed by atoms with Crippen LogP contribution in [0.5, 0.6) is 0 Å². The number of aliphatic hydroxyl groups is 1. The van der Waals surface area contributed by atoms with Crippen molar-refractivity contribution < 1.29 is 18.5 Å². The van der Waals surface area contributed by atoms with E-state index in [1.165, 1.54) is 12.1 Å². The van der Waals surface area contributed by atoms with Gasteiger partial charge in [0.2, 0.25) is 0 Å². The molecule has 2 amide bonds. The van der Waals surface area contributed by atoms with Gasteiger partial charge in [-0.1, -0.05) is 17.7 Å². The van der Waals surface area contributed by atoms with Gasteiger partial charge in [0, 0.05) is 16.0 Å². The van der Waals surface area contributed by atoms with Gasteiger partial charge in [0.15, 0.2) is 0 Å². The first-order valence-electron chi connectivity index (χ1n) is 10.3. The Morgan fingerprint density at radius 1 is 1.13 bits per heavy atom. The third-order valence-corrected chi connectivity index (χ3v) is 8.17. The first-order valence-corrected chi connectivity index (χ1v) is 12.5. The fraction of sp³-hybridized carbons (Fsp3) is 0.409. The van der Waals surface area contributed by atoms with Crippen molar-refractivity contribution in [2.75, 3.05) is 5.32 Å². The molecule has 2 aromatic rings. The standard InChI is InChI=1S/C22H27ClFN3O3S/c1-22(2,29)12-9-10-18(17(23)11-12)31(25,30)27-21(28)26-20-15-7-3-5-13(15)19(24)14-6-4-8-16(14)20/h9-11,29,31H,3-8H2,1-2H3,(H4,25,26,27,28,30). The van der Waals surface area contributed by atoms with Gasteiger partial charge >= 0.3 is 6.03 Å². The number of hydrogen-bond donors (Lipinski definition) is 5. The largest absolute Gasteiger partial charge is 0.386 e. The molecule has 6 nitrogen and oxygen atoms in total. The quantitative estimate of drug-likeness (QED) is 0.443. The fourth-order valence-corrected chi connectivity index (χ4v) is 6.26. The normalized spacial score (nSPS) is 16.1. The summed E-state index contributed by atoms with van der Waals surface area (Å²) in [7, 11) is -3.85. The second-order valence-corrected chi connectivity index (χ2v) is 11.2. The molecule has 0 saturated carbocycles. The minimum atomic E-state index is -3.85. The molecule has 2 aromatic carbocycles. The van der Waals surface area contributed by atoms with Crippen molar-refractivity contribution in [1.29, 1.82) is 0 Å². The van der Waals surface area contributed by atoms with E-state index < -0.39 is 21.9 Å². The van der Waals surface area contributed by atoms with Gasteiger partial charge in [-0.05, 0) is 92.3 Å². The van der Waals surface area contributed by atoms with Crippen LogP contribution in [-0.2, 0) is 41.6 Å². The van der Waals surface area contributed by atoms with E-state index in [0.717, 1.165) is 24.0 Å². The molecule has 0 unspecified atom stereocenters. The Morgan fingerprint density at radius 2 is 1.68 bits per heavy atom. The smallest absolute Gasteiger partial charge is 0.330 e. The molecule has 2 aliphatic rings. The fourth-order valence-electron chi connectivity index (χ4n) is 4.55. The minimum Gasteiger partial charge on any atom is -0.386 e. The molecule has 0 bridgehead atoms. The molecule has 0 saturated heterocycles. The van der Waals surface area contributed by atoms with Crippen LogP contribution in [0.25, 0.3) is 0 Å². The number of benzene rings is 2. The highest BCUT2D eigenvalue weighted by molar-refractivity contribution is 7.99. The SMILES string of the molecule is CC(C)(O)c1ccc([SH](N)(=O)NC(=O)Nc2c3c(c(F)c4c2CCC4)CCC3)c(Cl)c1. The second-order valence-electron chi connectivity index (χ2n) is 8.76. The number of nitrogens with two attached hydrogens (primary N) is 1. The zero-order valence-electron chi connectivity index (χ0n) is 17.5. The minimum absolute atomic E-state index is 0.0897. The average molecular weight is 468 g/mol. The maximum atomic E-state index is 14.8. The lowest BCUT2D eigenvalue weighted by molar-refractivity contribution is 0.0785. The van der Waals surface area contributed by atoms with E-state index in [9.17, 15) is 18.5 Å². The third kappa shape index (κ3) is 4.09. The molecule has 0 heterocycles. The number of hydrogen-bond acceptors (Lipinski definition) is 3. The van der Waals surface area contributed by atoms with Crippen molar-refractivity contribution in [3.05, 3.63) is 56.9 Å². The van der Waals surface area contributed by atoms with Gasteiger partial charge in [-0.25, -0.2) is 13.4 Å². The second kappa shape index (κ2) is 7.85. The summed E-state index contributed by atoms with van der Waals surface area (Å²) in [6.45, 7) is 3.21. The summed E-state index contributed by atoms with van der Waals surface area (Å²) in [5.74, 6) is -0.130. The first-order chi connectivity index (χ1) is 14.5. The maximum absolute atomic E-state index is 14.8. The predicted molar refractivity (Wildman–Crippen MR) is 121 cm³/mol. The van der Waals surface area contributed by atoms with Crippen LogP contribution in [0.3, 0.4) is 0 Å². The van der Waals surface area contributed by atoms with Crippen molar-refractivity contribution in [3.63, 3.8) is 0 Å². The number of rotatable bonds is 4. The van der Waals surface area contributed by atoms with Gasteiger partial charge in [0.25, 0.3) is 0 Å². The van der Waals surface area contributed by atoms with Crippen LogP contribution in [0.15, 0.2) is 23.1 Å². The topological polar surface area (TPSA) is 104 Å². The van der Waals surface area contributed by atoms with E-state index in [-0.39, 0.29) is 15.7 Å². The maximum Gasteiger partial charge on any atom is 0.330 e. The van der Waals surface area contributed by atoms with Crippen molar-refractivity contribution in [3.8, 4) is 0 Å². The molecule has 0 fully saturated rings. The Hall–Kier alpha value is -2.00. The van der Waals surface area contributed by atoms with E-state index in [1.54, 1.807) is 19.9 Å². The molecule has 0 radical (unpaired) electrons. The van der Waals surface area contributed by atoms with Gasteiger partial charge in [-0.3, -0.25) is 9.86 Å². The number of thiol groups is 1. The van der Waals surface area contributed by atoms with Crippen molar-refractivity contribution in [2.45, 2.75) is 62.9 Å². The summed E-state index contributed by atoms with van der Waals surface area (Å²) in [5, 5.41) is 19.0. The van der Waals surface area contributed by atoms with Crippen molar-refractivity contribution >= 4 is 33.6 Å². The van der Waals surface area contributed by atoms with Crippen LogP contribution >= 0.6 is 11.6 Å². The van der Waals surface area contributed by atoms with E-state index in [2.05, 4.69) is 10.0 Å². The summed E-state index contributed by atoms with van der Waals surface area (Å²) < 4.78 is 30.3. The monoisotopic (exact) mass is 467 g/mol. The molecule has 168 valence electrons. The van der Waals surface area contributed by atoms with E-state index >= 15 is 0 Å². The Labute approximate surface area is 187 Å². The van der Waals surface area contributed by atoms with Gasteiger partial charge in [-0.15, -0.1) is 0 Å². The number of carbonyl (C=O) groups is 1. The van der Waals surface area contributed by atoms with Crippen LogP contribution in [0.1, 0.15) is 54.5 Å². The highest BCUT2D eigenvalue weighted by Crippen LogP contribution is 2.41. The summed E-state index contributed by atoms with van der Waals surface area (Å²) in [6.07, 6.45) is 4.37. The molecule has 2 aliphatic carbocycles. The Morgan fingerprint density at radius 3 is 2.19 bits per heavy atom. The zero-order chi connectivity index (χ0) is 22.6. The van der Waals surface area contributed by atoms with Gasteiger partial charge in [0.1, 0.15) is 5.82 Å². The summed E-state index contributed by atoms with van der Waals surface area (Å²) in [5.41, 5.74) is 3.04. The average Bonchev–Trinajstić information content (AvgIpc) is 3.33. The van der Waals surface area contributed by atoms with Gasteiger partial charge in [0.05, 0.1) is 15.5 Å². The predicted octanol–water partition coefficient (Wildman–Crippen LogP) is 3.67. The third-order valence-electron chi connectivity index (χ3n) is 6.09. The van der Waals surface area contributed by atoms with Crippen LogP contribution in [0.2, 0.25) is 5.02 Å². The molecule has 4 rings (SSSR count). The highest BCUT2D eigenvalue weighted by Gasteiger charge is 2.30. The molecule has 0 aromatic heterocycles. The van der Waals surface area contributed by atoms with Crippen LogP contribution in [0.4, 0.5) is 14.9 Å². The molecule has 31 heavy (non-hydrogen) atoms. The number of fused-ring (bicyclic) bond motifs is 2. The number of carbonyl (C=O) groups excluding carboxylic acids is 1. The lowest BCUT2D eigenvalue weighted by Crippen LogP contribution is -2.45. The number of halogens is 2. The van der Waals surface area contributed by atoms with Crippen LogP contribution in [0, 0.1) is 5.82 Å². The molecular weight excluding hydrogens is 441 g/mol. The molecule has 0 aliphatic heterocycles. The number of anilines is 1. The van der Waals surface area contributed by atoms with Gasteiger partial charge in [-0.2, -0.15) is 0 Å². The summed E-state index contributed by atoms with van der Waals surface area (Å²) in [6, 6.07) is 3.78. The van der Waals surface area contributed by atoms with E-state index in [1.807, 2.05) is 0 Å².